The molecule has 0 bridgehead atoms. The Bertz CT molecular complexity index is 906. The highest BCUT2D eigenvalue weighted by molar-refractivity contribution is 5.85. The van der Waals surface area contributed by atoms with Gasteiger partial charge in [0.25, 0.3) is 5.91 Å². The van der Waals surface area contributed by atoms with Crippen LogP contribution in [0.15, 0.2) is 55.6 Å². The van der Waals surface area contributed by atoms with Crippen LogP contribution < -0.4 is 16.6 Å². The summed E-state index contributed by atoms with van der Waals surface area (Å²) in [6.45, 7) is 11.2. The summed E-state index contributed by atoms with van der Waals surface area (Å²) in [5.74, 6) is -0.239. The van der Waals surface area contributed by atoms with Gasteiger partial charge in [-0.3, -0.25) is 15.6 Å². The van der Waals surface area contributed by atoms with Crippen molar-refractivity contribution in [2.45, 2.75) is 32.7 Å². The second-order valence-corrected chi connectivity index (χ2v) is 7.25. The van der Waals surface area contributed by atoms with Crippen molar-refractivity contribution < 1.29 is 15.0 Å². The highest BCUT2D eigenvalue weighted by Crippen LogP contribution is 2.38. The Kier molecular flexibility index (Phi) is 7.45. The van der Waals surface area contributed by atoms with E-state index in [1.54, 1.807) is 36.4 Å². The predicted molar refractivity (Wildman–Crippen MR) is 118 cm³/mol. The highest BCUT2D eigenvalue weighted by Gasteiger charge is 2.18. The van der Waals surface area contributed by atoms with E-state index >= 15 is 0 Å². The summed E-state index contributed by atoms with van der Waals surface area (Å²) in [6.07, 6.45) is 4.54. The number of phenolic OH excluding ortho intramolecular Hbond substituents is 2. The van der Waals surface area contributed by atoms with Crippen molar-refractivity contribution in [3.05, 3.63) is 66.8 Å². The molecule has 29 heavy (non-hydrogen) atoms. The van der Waals surface area contributed by atoms with E-state index in [0.717, 1.165) is 11.1 Å². The average molecular weight is 396 g/mol. The van der Waals surface area contributed by atoms with Crippen LogP contribution in [0.3, 0.4) is 0 Å². The summed E-state index contributed by atoms with van der Waals surface area (Å²) in [7, 11) is 0. The molecule has 0 spiro atoms. The Labute approximate surface area is 171 Å². The van der Waals surface area contributed by atoms with Crippen LogP contribution in [0.5, 0.6) is 11.5 Å². The number of hydrogen-bond donors (Lipinski definition) is 5. The van der Waals surface area contributed by atoms with Crippen molar-refractivity contribution in [2.75, 3.05) is 5.43 Å². The van der Waals surface area contributed by atoms with Crippen LogP contribution >= 0.6 is 0 Å². The molecule has 6 nitrogen and oxygen atoms in total. The Morgan fingerprint density at radius 2 is 1.83 bits per heavy atom. The summed E-state index contributed by atoms with van der Waals surface area (Å²) in [5, 5.41) is 20.9. The molecule has 0 aliphatic heterocycles. The van der Waals surface area contributed by atoms with Gasteiger partial charge in [-0.2, -0.15) is 0 Å². The van der Waals surface area contributed by atoms with Gasteiger partial charge in [0.15, 0.2) is 0 Å². The lowest BCUT2D eigenvalue weighted by molar-refractivity contribution is -0.122. The molecular weight excluding hydrogens is 366 g/mol. The summed E-state index contributed by atoms with van der Waals surface area (Å²) in [4.78, 5) is 12.2. The molecule has 0 radical (unpaired) electrons. The number of nitrogens with two attached hydrogens (primary N) is 1. The van der Waals surface area contributed by atoms with E-state index < -0.39 is 6.04 Å². The third kappa shape index (κ3) is 5.39. The predicted octanol–water partition coefficient (Wildman–Crippen LogP) is 3.65. The van der Waals surface area contributed by atoms with Gasteiger partial charge in [0.1, 0.15) is 11.5 Å². The number of anilines is 1. The van der Waals surface area contributed by atoms with E-state index in [0.29, 0.717) is 29.7 Å². The standard InChI is InChI=1S/C23H29N3O3/c1-5-7-15-11-18(16-9-10-20(27)17(13-16)8-6-2)22(28)19(12-15)25-26-23(29)21(24)14(3)4/h5-6,9-14,21,25,27-28H,1-2,7-8,24H2,3-4H3,(H,26,29)/t21-/m0/s1. The fraction of sp³-hybridized carbons (Fsp3) is 0.261. The second kappa shape index (κ2) is 9.80. The third-order valence-corrected chi connectivity index (χ3v) is 4.65. The van der Waals surface area contributed by atoms with Crippen molar-refractivity contribution in [3.63, 3.8) is 0 Å². The molecule has 2 rings (SSSR count). The van der Waals surface area contributed by atoms with Crippen LogP contribution in [0.1, 0.15) is 25.0 Å². The van der Waals surface area contributed by atoms with E-state index in [1.807, 2.05) is 19.9 Å². The van der Waals surface area contributed by atoms with Crippen molar-refractivity contribution in [2.24, 2.45) is 11.7 Å². The first-order valence-corrected chi connectivity index (χ1v) is 9.49. The third-order valence-electron chi connectivity index (χ3n) is 4.65. The van der Waals surface area contributed by atoms with Gasteiger partial charge < -0.3 is 15.9 Å². The molecule has 0 unspecified atom stereocenters. The van der Waals surface area contributed by atoms with E-state index in [9.17, 15) is 15.0 Å². The van der Waals surface area contributed by atoms with Gasteiger partial charge in [0.2, 0.25) is 0 Å². The number of hydrogen-bond acceptors (Lipinski definition) is 5. The Balaban J connectivity index is 2.43. The van der Waals surface area contributed by atoms with E-state index in [4.69, 9.17) is 5.73 Å². The number of nitrogens with one attached hydrogen (secondary N) is 2. The molecule has 0 saturated carbocycles. The normalized spacial score (nSPS) is 11.7. The van der Waals surface area contributed by atoms with Crippen LogP contribution in [0.25, 0.3) is 11.1 Å². The van der Waals surface area contributed by atoms with Gasteiger partial charge in [-0.1, -0.05) is 32.1 Å². The molecule has 2 aromatic rings. The minimum atomic E-state index is -0.668. The molecule has 1 atom stereocenters. The summed E-state index contributed by atoms with van der Waals surface area (Å²) in [5.41, 5.74) is 14.5. The van der Waals surface area contributed by atoms with Gasteiger partial charge in [-0.25, -0.2) is 0 Å². The molecule has 1 amide bonds. The number of benzene rings is 2. The maximum atomic E-state index is 12.2. The molecule has 6 heteroatoms. The number of hydrazine groups is 1. The molecule has 0 aromatic heterocycles. The zero-order valence-electron chi connectivity index (χ0n) is 16.9. The Morgan fingerprint density at radius 1 is 1.14 bits per heavy atom. The Morgan fingerprint density at radius 3 is 2.45 bits per heavy atom. The second-order valence-electron chi connectivity index (χ2n) is 7.25. The number of carbonyl (C=O) groups is 1. The van der Waals surface area contributed by atoms with Crippen LogP contribution in [-0.4, -0.2) is 22.2 Å². The molecule has 0 fully saturated rings. The van der Waals surface area contributed by atoms with E-state index in [1.165, 1.54) is 0 Å². The first-order valence-electron chi connectivity index (χ1n) is 9.49. The van der Waals surface area contributed by atoms with Gasteiger partial charge in [0.05, 0.1) is 11.7 Å². The van der Waals surface area contributed by atoms with Crippen molar-refractivity contribution >= 4 is 11.6 Å². The van der Waals surface area contributed by atoms with Crippen molar-refractivity contribution in [3.8, 4) is 22.6 Å². The van der Waals surface area contributed by atoms with Gasteiger partial charge in [-0.15, -0.1) is 13.2 Å². The van der Waals surface area contributed by atoms with Crippen LogP contribution in [-0.2, 0) is 17.6 Å². The maximum absolute atomic E-state index is 12.2. The fourth-order valence-corrected chi connectivity index (χ4v) is 2.88. The minimum Gasteiger partial charge on any atom is -0.508 e. The number of amides is 1. The maximum Gasteiger partial charge on any atom is 0.255 e. The summed E-state index contributed by atoms with van der Waals surface area (Å²) in [6, 6.07) is 8.05. The zero-order valence-corrected chi connectivity index (χ0v) is 16.9. The van der Waals surface area contributed by atoms with Gasteiger partial charge >= 0.3 is 0 Å². The van der Waals surface area contributed by atoms with E-state index in [2.05, 4.69) is 24.0 Å². The molecular formula is C23H29N3O3. The lowest BCUT2D eigenvalue weighted by atomic mass is 9.96. The summed E-state index contributed by atoms with van der Waals surface area (Å²) < 4.78 is 0. The molecule has 154 valence electrons. The average Bonchev–Trinajstić information content (AvgIpc) is 2.69. The topological polar surface area (TPSA) is 108 Å². The quantitative estimate of drug-likeness (QED) is 0.253. The fourth-order valence-electron chi connectivity index (χ4n) is 2.88. The molecule has 0 saturated heterocycles. The van der Waals surface area contributed by atoms with Crippen LogP contribution in [0.2, 0.25) is 0 Å². The smallest absolute Gasteiger partial charge is 0.255 e. The van der Waals surface area contributed by atoms with Crippen molar-refractivity contribution in [1.29, 1.82) is 0 Å². The number of carbonyl (C=O) groups excluding carboxylic acids is 1. The molecule has 2 aromatic carbocycles. The minimum absolute atomic E-state index is 0.0201. The van der Waals surface area contributed by atoms with Gasteiger partial charge in [0, 0.05) is 5.56 Å². The molecule has 0 aliphatic rings. The van der Waals surface area contributed by atoms with Gasteiger partial charge in [-0.05, 0) is 59.7 Å². The first-order chi connectivity index (χ1) is 13.8. The summed E-state index contributed by atoms with van der Waals surface area (Å²) >= 11 is 0. The SMILES string of the molecule is C=CCc1cc(NNC(=O)[C@@H](N)C(C)C)c(O)c(-c2ccc(O)c(CC=C)c2)c1. The number of phenols is 2. The first kappa shape index (κ1) is 22.0. The van der Waals surface area contributed by atoms with E-state index in [-0.39, 0.29) is 23.3 Å². The lowest BCUT2D eigenvalue weighted by Crippen LogP contribution is -2.46. The number of allylic oxidation sites excluding steroid dienone is 2. The Hall–Kier alpha value is -3.25. The zero-order chi connectivity index (χ0) is 21.6. The van der Waals surface area contributed by atoms with Crippen LogP contribution in [0.4, 0.5) is 5.69 Å². The highest BCUT2D eigenvalue weighted by atomic mass is 16.3. The number of rotatable bonds is 9. The molecule has 6 N–H and O–H groups in total. The molecule has 0 aliphatic carbocycles. The lowest BCUT2D eigenvalue weighted by Gasteiger charge is -2.19. The monoisotopic (exact) mass is 395 g/mol. The van der Waals surface area contributed by atoms with Crippen molar-refractivity contribution in [1.82, 2.24) is 5.43 Å². The number of aromatic hydroxyl groups is 2. The largest absolute Gasteiger partial charge is 0.508 e. The molecule has 0 heterocycles. The van der Waals surface area contributed by atoms with Crippen LogP contribution in [0, 0.1) is 5.92 Å².